The average Bonchev–Trinajstić information content (AvgIpc) is 4.02. The number of ether oxygens (including phenoxy) is 2. The number of nitrogens with one attached hydrogen (secondary N) is 3. The number of piperidine rings is 2. The van der Waals surface area contributed by atoms with Crippen LogP contribution in [0.2, 0.25) is 0 Å². The first-order valence-corrected chi connectivity index (χ1v) is 26.6. The highest BCUT2D eigenvalue weighted by Crippen LogP contribution is 2.34. The Morgan fingerprint density at radius 3 is 1.49 bits per heavy atom. The van der Waals surface area contributed by atoms with Crippen LogP contribution in [0.5, 0.6) is 0 Å². The molecule has 0 saturated carbocycles. The van der Waals surface area contributed by atoms with Gasteiger partial charge in [0.05, 0.1) is 25.2 Å². The van der Waals surface area contributed by atoms with E-state index in [1.807, 2.05) is 105 Å². The first-order valence-electron chi connectivity index (χ1n) is 26.6. The number of fused-ring (bicyclic) bond motifs is 2. The highest BCUT2D eigenvalue weighted by molar-refractivity contribution is 5.90. The van der Waals surface area contributed by atoms with Gasteiger partial charge in [-0.25, -0.2) is 0 Å². The SMILES string of the molecule is C[C@H](NC(=O)[C@H]1C[C@@H](c2ccccc2)CCN1CC(=O)OC(C)(C)C)C(=O)NCC1=Cc2cnccc2C1.C[C@H](NC(=O)[C@H]1C[C@@H](c2ccccc2)CCN1CC(=O)OC(C)(C)C)C(=O)O.NCC1=Cc2cnccc2C1. The van der Waals surface area contributed by atoms with E-state index in [-0.39, 0.29) is 48.6 Å². The van der Waals surface area contributed by atoms with E-state index in [0.29, 0.717) is 39.0 Å². The molecule has 0 bridgehead atoms. The molecule has 412 valence electrons. The summed E-state index contributed by atoms with van der Waals surface area (Å²) >= 11 is 0. The van der Waals surface area contributed by atoms with Gasteiger partial charge in [-0.2, -0.15) is 0 Å². The third-order valence-corrected chi connectivity index (χ3v) is 13.8. The Bertz CT molecular complexity index is 2740. The topological polar surface area (TPSA) is 235 Å². The van der Waals surface area contributed by atoms with E-state index < -0.39 is 47.3 Å². The number of carboxylic acids is 1. The van der Waals surface area contributed by atoms with Crippen LogP contribution in [0.15, 0.2) is 109 Å². The van der Waals surface area contributed by atoms with Crippen molar-refractivity contribution in [2.24, 2.45) is 5.73 Å². The van der Waals surface area contributed by atoms with Crippen molar-refractivity contribution in [1.82, 2.24) is 35.7 Å². The maximum Gasteiger partial charge on any atom is 0.325 e. The zero-order valence-electron chi connectivity index (χ0n) is 45.9. The van der Waals surface area contributed by atoms with Crippen LogP contribution in [0.1, 0.15) is 126 Å². The summed E-state index contributed by atoms with van der Waals surface area (Å²) in [4.78, 5) is 87.0. The van der Waals surface area contributed by atoms with Crippen LogP contribution >= 0.6 is 0 Å². The van der Waals surface area contributed by atoms with Gasteiger partial charge in [-0.1, -0.05) is 78.4 Å². The van der Waals surface area contributed by atoms with Gasteiger partial charge in [0.25, 0.3) is 0 Å². The monoisotopic (exact) mass is 1050 g/mol. The Morgan fingerprint density at radius 1 is 0.649 bits per heavy atom. The van der Waals surface area contributed by atoms with Crippen LogP contribution in [0.3, 0.4) is 0 Å². The van der Waals surface area contributed by atoms with E-state index in [0.717, 1.165) is 42.4 Å². The molecule has 0 radical (unpaired) electrons. The number of carboxylic acid groups (broad SMARTS) is 1. The minimum atomic E-state index is -1.09. The van der Waals surface area contributed by atoms with Crippen molar-refractivity contribution >= 4 is 47.8 Å². The molecule has 0 unspecified atom stereocenters. The number of nitrogens with zero attached hydrogens (tertiary/aromatic N) is 4. The molecule has 2 aliphatic carbocycles. The summed E-state index contributed by atoms with van der Waals surface area (Å²) in [7, 11) is 0. The summed E-state index contributed by atoms with van der Waals surface area (Å²) in [6.07, 6.45) is 16.0. The van der Waals surface area contributed by atoms with Crippen LogP contribution in [0.25, 0.3) is 12.2 Å². The number of benzene rings is 2. The van der Waals surface area contributed by atoms with Crippen molar-refractivity contribution in [3.05, 3.63) is 142 Å². The zero-order chi connectivity index (χ0) is 55.9. The molecule has 17 heteroatoms. The summed E-state index contributed by atoms with van der Waals surface area (Å²) in [5.74, 6) is -2.36. The molecule has 4 aliphatic rings. The third kappa shape index (κ3) is 18.3. The molecule has 6 N–H and O–H groups in total. The first-order chi connectivity index (χ1) is 36.5. The number of hydrogen-bond acceptors (Lipinski definition) is 13. The zero-order valence-corrected chi connectivity index (χ0v) is 45.9. The summed E-state index contributed by atoms with van der Waals surface area (Å²) in [6.45, 7) is 16.2. The maximum absolute atomic E-state index is 13.5. The number of rotatable bonds is 15. The van der Waals surface area contributed by atoms with Gasteiger partial charge in [0, 0.05) is 51.0 Å². The number of pyridine rings is 2. The van der Waals surface area contributed by atoms with Gasteiger partial charge in [0.2, 0.25) is 17.7 Å². The molecule has 0 spiro atoms. The lowest BCUT2D eigenvalue weighted by atomic mass is 9.85. The molecule has 2 aromatic heterocycles. The molecule has 2 fully saturated rings. The fourth-order valence-electron chi connectivity index (χ4n) is 9.92. The fourth-order valence-corrected chi connectivity index (χ4v) is 9.92. The lowest BCUT2D eigenvalue weighted by Gasteiger charge is -2.39. The molecular weight excluding hydrogens is 977 g/mol. The number of likely N-dealkylation sites (tertiary alicyclic amines) is 2. The van der Waals surface area contributed by atoms with E-state index in [2.05, 4.69) is 50.2 Å². The van der Waals surface area contributed by atoms with Crippen LogP contribution in [0, 0.1) is 0 Å². The number of aromatic nitrogens is 2. The van der Waals surface area contributed by atoms with Gasteiger partial charge in [-0.3, -0.25) is 48.5 Å². The lowest BCUT2D eigenvalue weighted by molar-refractivity contribution is -0.159. The average molecular weight is 1060 g/mol. The molecule has 4 aromatic rings. The molecule has 8 rings (SSSR count). The Balaban J connectivity index is 0.000000214. The number of carbonyl (C=O) groups excluding carboxylic acids is 5. The van der Waals surface area contributed by atoms with Gasteiger partial charge in [-0.15, -0.1) is 0 Å². The standard InChI is InChI=1S/C30H38N4O4.C21H30N2O5.C9H10N2/c1-20(28(36)32-17-21-14-23-10-12-31-18-25(23)15-21)33-29(37)26-16-24(22-8-6-5-7-9-22)11-13-34(26)19-27(35)38-30(2,3)4;1-14(20(26)27)22-19(25)17-12-16(15-8-6-5-7-9-15)10-11-23(17)13-18(24)28-21(2,3)4;10-5-7-3-8-1-2-11-6-9(8)4-7/h5-10,12,15,18,20,24,26H,11,13-14,16-17,19H2,1-4H3,(H,32,36)(H,33,37);5-9,14,16-17H,10-13H2,1-4H3,(H,22,25)(H,26,27);1-2,4,6H,3,5,10H2/t20-,24-,26+;14-,16-,17+;/m00./s1. The number of esters is 2. The second-order valence-corrected chi connectivity index (χ2v) is 22.2. The minimum Gasteiger partial charge on any atom is -0.480 e. The van der Waals surface area contributed by atoms with Crippen LogP contribution < -0.4 is 21.7 Å². The molecule has 3 amide bonds. The highest BCUT2D eigenvalue weighted by atomic mass is 16.6. The fraction of sp³-hybridized carbons (Fsp3) is 0.467. The van der Waals surface area contributed by atoms with Crippen molar-refractivity contribution in [3.63, 3.8) is 0 Å². The second-order valence-electron chi connectivity index (χ2n) is 22.2. The number of nitrogens with two attached hydrogens (primary N) is 1. The van der Waals surface area contributed by atoms with Crippen molar-refractivity contribution in [3.8, 4) is 0 Å². The van der Waals surface area contributed by atoms with Crippen molar-refractivity contribution in [2.45, 2.75) is 141 Å². The lowest BCUT2D eigenvalue weighted by Crippen LogP contribution is -2.56. The van der Waals surface area contributed by atoms with E-state index >= 15 is 0 Å². The number of aliphatic carboxylic acids is 1. The predicted molar refractivity (Wildman–Crippen MR) is 296 cm³/mol. The quantitative estimate of drug-likeness (QED) is 0.0814. The molecule has 17 nitrogen and oxygen atoms in total. The largest absolute Gasteiger partial charge is 0.480 e. The van der Waals surface area contributed by atoms with Gasteiger partial charge >= 0.3 is 17.9 Å². The molecule has 77 heavy (non-hydrogen) atoms. The summed E-state index contributed by atoms with van der Waals surface area (Å²) in [6, 6.07) is 21.2. The second kappa shape index (κ2) is 27.3. The predicted octanol–water partition coefficient (Wildman–Crippen LogP) is 6.38. The summed E-state index contributed by atoms with van der Waals surface area (Å²) in [5.41, 5.74) is 13.9. The number of amides is 3. The van der Waals surface area contributed by atoms with Gasteiger partial charge in [0.15, 0.2) is 0 Å². The van der Waals surface area contributed by atoms with E-state index in [1.165, 1.54) is 34.8 Å². The molecule has 4 heterocycles. The molecule has 2 saturated heterocycles. The Labute approximate surface area is 453 Å². The van der Waals surface area contributed by atoms with E-state index in [1.54, 1.807) is 38.8 Å². The Morgan fingerprint density at radius 2 is 1.08 bits per heavy atom. The van der Waals surface area contributed by atoms with Crippen molar-refractivity contribution in [1.29, 1.82) is 0 Å². The Kier molecular flexibility index (Phi) is 21.0. The summed E-state index contributed by atoms with van der Waals surface area (Å²) < 4.78 is 10.9. The molecular formula is C60H78N8O9. The molecule has 2 aromatic carbocycles. The number of hydrogen-bond donors (Lipinski definition) is 5. The van der Waals surface area contributed by atoms with Crippen LogP contribution in [-0.2, 0) is 51.1 Å². The normalized spacial score (nSPS) is 19.9. The maximum atomic E-state index is 13.5. The molecule has 6 atom stereocenters. The smallest absolute Gasteiger partial charge is 0.325 e. The molecule has 2 aliphatic heterocycles. The minimum absolute atomic E-state index is 0.00167. The van der Waals surface area contributed by atoms with Gasteiger partial charge in [0.1, 0.15) is 23.3 Å². The number of carbonyl (C=O) groups is 6. The highest BCUT2D eigenvalue weighted by Gasteiger charge is 2.38. The van der Waals surface area contributed by atoms with Gasteiger partial charge in [-0.05, 0) is 157 Å². The first kappa shape index (κ1) is 59.2. The van der Waals surface area contributed by atoms with Crippen LogP contribution in [0.4, 0.5) is 0 Å². The third-order valence-electron chi connectivity index (χ3n) is 13.8. The van der Waals surface area contributed by atoms with E-state index in [9.17, 15) is 28.8 Å². The Hall–Kier alpha value is -7.08. The van der Waals surface area contributed by atoms with E-state index in [4.69, 9.17) is 20.3 Å². The van der Waals surface area contributed by atoms with Crippen molar-refractivity contribution in [2.75, 3.05) is 39.3 Å². The van der Waals surface area contributed by atoms with Crippen molar-refractivity contribution < 1.29 is 43.3 Å². The van der Waals surface area contributed by atoms with Gasteiger partial charge < -0.3 is 36.3 Å². The summed E-state index contributed by atoms with van der Waals surface area (Å²) in [5, 5.41) is 17.5. The van der Waals surface area contributed by atoms with Crippen LogP contribution in [-0.4, -0.2) is 135 Å².